The zero-order valence-electron chi connectivity index (χ0n) is 9.08. The molecule has 1 aliphatic rings. The summed E-state index contributed by atoms with van der Waals surface area (Å²) in [4.78, 5) is 1.84. The van der Waals surface area contributed by atoms with E-state index < -0.39 is 24.4 Å². The fraction of sp³-hybridized carbons (Fsp3) is 1.00. The first-order valence-corrected chi connectivity index (χ1v) is 5.51. The lowest BCUT2D eigenvalue weighted by Gasteiger charge is -2.43. The van der Waals surface area contributed by atoms with Crippen molar-refractivity contribution in [3.8, 4) is 0 Å². The van der Waals surface area contributed by atoms with E-state index in [1.165, 1.54) is 0 Å². The second-order valence-electron chi connectivity index (χ2n) is 4.15. The Morgan fingerprint density at radius 3 is 2.40 bits per heavy atom. The van der Waals surface area contributed by atoms with Crippen LogP contribution in [0.3, 0.4) is 0 Å². The van der Waals surface area contributed by atoms with E-state index in [9.17, 15) is 15.3 Å². The number of hydrogen-bond acceptors (Lipinski definition) is 5. The van der Waals surface area contributed by atoms with Crippen LogP contribution in [0.25, 0.3) is 0 Å². The van der Waals surface area contributed by atoms with Crippen LogP contribution in [0.1, 0.15) is 19.8 Å². The summed E-state index contributed by atoms with van der Waals surface area (Å²) in [5.74, 6) is 0. The third-order valence-electron chi connectivity index (χ3n) is 3.01. The molecule has 1 saturated heterocycles. The Morgan fingerprint density at radius 2 is 1.87 bits per heavy atom. The van der Waals surface area contributed by atoms with E-state index in [0.717, 1.165) is 19.4 Å². The molecule has 4 N–H and O–H groups in total. The van der Waals surface area contributed by atoms with Crippen LogP contribution in [0.15, 0.2) is 0 Å². The molecule has 15 heavy (non-hydrogen) atoms. The van der Waals surface area contributed by atoms with Gasteiger partial charge in [-0.05, 0) is 13.0 Å². The molecule has 1 rings (SSSR count). The van der Waals surface area contributed by atoms with Crippen LogP contribution in [-0.2, 0) is 0 Å². The Labute approximate surface area is 90.0 Å². The number of aliphatic hydroxyl groups is 4. The molecule has 0 bridgehead atoms. The average molecular weight is 224 g/mol. The fourth-order valence-corrected chi connectivity index (χ4v) is 2.00. The Morgan fingerprint density at radius 1 is 1.20 bits per heavy atom. The van der Waals surface area contributed by atoms with Crippen molar-refractivity contribution >= 4 is 0 Å². The molecule has 0 unspecified atom stereocenters. The molecule has 1 fully saturated rings. The second-order valence-corrected chi connectivity index (χ2v) is 4.15. The minimum Gasteiger partial charge on any atom is -0.395 e. The van der Waals surface area contributed by atoms with Gasteiger partial charge in [0.1, 0.15) is 12.2 Å². The highest BCUT2D eigenvalue weighted by atomic mass is 16.5. The molecular formula is C10H21NO4. The number of nitrogens with zero attached hydrogens (tertiary/aromatic N) is 1. The highest BCUT2D eigenvalue weighted by Gasteiger charge is 2.40. The Bertz CT molecular complexity index is 190. The first-order chi connectivity index (χ1) is 7.11. The summed E-state index contributed by atoms with van der Waals surface area (Å²) in [6.07, 6.45) is -1.19. The summed E-state index contributed by atoms with van der Waals surface area (Å²) in [5.41, 5.74) is 0. The van der Waals surface area contributed by atoms with Crippen LogP contribution in [0.5, 0.6) is 0 Å². The zero-order valence-corrected chi connectivity index (χ0v) is 9.08. The standard InChI is InChI=1S/C10H21NO4/c1-2-3-4-11-5-8(13)10(15)9(14)7(11)6-12/h7-10,12-15H,2-6H2,1H3/t7-,8+,9-,10-/m1/s1/i5+1,7+1,8+1,9+1,10+1. The van der Waals surface area contributed by atoms with Crippen LogP contribution in [0.4, 0.5) is 0 Å². The summed E-state index contributed by atoms with van der Waals surface area (Å²) < 4.78 is 0. The summed E-state index contributed by atoms with van der Waals surface area (Å²) in [6.45, 7) is 2.89. The molecule has 0 saturated carbocycles. The zero-order chi connectivity index (χ0) is 11.4. The number of piperidine rings is 1. The Hall–Kier alpha value is -0.200. The van der Waals surface area contributed by atoms with Gasteiger partial charge in [-0.1, -0.05) is 13.3 Å². The van der Waals surface area contributed by atoms with Gasteiger partial charge < -0.3 is 20.4 Å². The third kappa shape index (κ3) is 2.89. The number of hydrogen-bond donors (Lipinski definition) is 4. The number of rotatable bonds is 4. The molecule has 0 aromatic rings. The first kappa shape index (κ1) is 12.9. The van der Waals surface area contributed by atoms with Crippen molar-refractivity contribution in [2.75, 3.05) is 19.7 Å². The summed E-state index contributed by atoms with van der Waals surface area (Å²) in [6, 6.07) is -0.463. The maximum Gasteiger partial charge on any atom is 0.109 e. The van der Waals surface area contributed by atoms with Gasteiger partial charge in [0.05, 0.1) is 18.8 Å². The van der Waals surface area contributed by atoms with Crippen molar-refractivity contribution in [2.45, 2.75) is 44.1 Å². The normalized spacial score (nSPS) is 38.2. The van der Waals surface area contributed by atoms with E-state index in [-0.39, 0.29) is 6.61 Å². The third-order valence-corrected chi connectivity index (χ3v) is 3.01. The highest BCUT2D eigenvalue weighted by molar-refractivity contribution is 4.93. The molecule has 0 radical (unpaired) electrons. The Kier molecular flexibility index (Phi) is 4.95. The average Bonchev–Trinajstić information content (AvgIpc) is 2.23. The van der Waals surface area contributed by atoms with Gasteiger partial charge >= 0.3 is 0 Å². The van der Waals surface area contributed by atoms with Crippen molar-refractivity contribution < 1.29 is 20.4 Å². The van der Waals surface area contributed by atoms with E-state index in [4.69, 9.17) is 5.11 Å². The van der Waals surface area contributed by atoms with Crippen molar-refractivity contribution in [1.29, 1.82) is 0 Å². The van der Waals surface area contributed by atoms with Gasteiger partial charge in [0.2, 0.25) is 0 Å². The van der Waals surface area contributed by atoms with Gasteiger partial charge in [-0.3, -0.25) is 4.90 Å². The van der Waals surface area contributed by atoms with Gasteiger partial charge in [0.15, 0.2) is 0 Å². The molecule has 4 atom stereocenters. The number of aliphatic hydroxyl groups excluding tert-OH is 4. The molecule has 90 valence electrons. The van der Waals surface area contributed by atoms with Crippen molar-refractivity contribution in [2.24, 2.45) is 0 Å². The van der Waals surface area contributed by atoms with E-state index in [1.807, 2.05) is 4.90 Å². The van der Waals surface area contributed by atoms with E-state index in [0.29, 0.717) is 6.54 Å². The van der Waals surface area contributed by atoms with Gasteiger partial charge in [-0.25, -0.2) is 0 Å². The van der Waals surface area contributed by atoms with Gasteiger partial charge in [-0.2, -0.15) is 0 Å². The summed E-state index contributed by atoms with van der Waals surface area (Å²) in [7, 11) is 0. The lowest BCUT2D eigenvalue weighted by Crippen LogP contribution is -2.62. The molecule has 0 aromatic carbocycles. The lowest BCUT2D eigenvalue weighted by atomic mass is 10.3. The summed E-state index contributed by atoms with van der Waals surface area (Å²) in [5, 5.41) is 37.8. The number of unbranched alkanes of at least 4 members (excludes halogenated alkanes) is 1. The Balaban J connectivity index is 2.60. The number of β-amino-alcohol motifs (C(OH)–C–C–N with tert-alkyl or cyclic N) is 1. The quantitative estimate of drug-likeness (QED) is 0.439. The van der Waals surface area contributed by atoms with Gasteiger partial charge in [-0.15, -0.1) is 0 Å². The van der Waals surface area contributed by atoms with Crippen molar-refractivity contribution in [3.63, 3.8) is 0 Å². The van der Waals surface area contributed by atoms with Gasteiger partial charge in [0.25, 0.3) is 0 Å². The molecule has 5 nitrogen and oxygen atoms in total. The van der Waals surface area contributed by atoms with Crippen molar-refractivity contribution in [1.82, 2.24) is 4.90 Å². The molecule has 1 heterocycles. The van der Waals surface area contributed by atoms with E-state index in [1.54, 1.807) is 0 Å². The van der Waals surface area contributed by atoms with Crippen LogP contribution >= 0.6 is 0 Å². The number of likely N-dealkylation sites (tertiary alicyclic amines) is 1. The highest BCUT2D eigenvalue weighted by Crippen LogP contribution is 2.19. The maximum absolute atomic E-state index is 9.67. The molecule has 5 heteroatoms. The summed E-state index contributed by atoms with van der Waals surface area (Å²) >= 11 is 0. The minimum absolute atomic E-state index is 0.200. The molecule has 0 spiro atoms. The van der Waals surface area contributed by atoms with Crippen LogP contribution in [0, 0.1) is 0 Å². The fourth-order valence-electron chi connectivity index (χ4n) is 2.00. The molecule has 1 aliphatic heterocycles. The smallest absolute Gasteiger partial charge is 0.109 e. The predicted molar refractivity (Wildman–Crippen MR) is 55.4 cm³/mol. The molecule has 0 amide bonds. The predicted octanol–water partition coefficient (Wildman–Crippen LogP) is -1.45. The SMILES string of the molecule is CCCCN1[13CH2][13C@H](O)[13C@@H](O)[13C@H](O)[13C@H]1CO. The maximum atomic E-state index is 9.67. The first-order valence-electron chi connectivity index (χ1n) is 5.51. The lowest BCUT2D eigenvalue weighted by molar-refractivity contribution is -0.145. The largest absolute Gasteiger partial charge is 0.395 e. The van der Waals surface area contributed by atoms with Crippen LogP contribution < -0.4 is 0 Å². The van der Waals surface area contributed by atoms with Crippen LogP contribution in [-0.4, -0.2) is 69.4 Å². The van der Waals surface area contributed by atoms with E-state index in [2.05, 4.69) is 6.92 Å². The monoisotopic (exact) mass is 224 g/mol. The second kappa shape index (κ2) is 5.77. The van der Waals surface area contributed by atoms with Crippen LogP contribution in [0.2, 0.25) is 0 Å². The van der Waals surface area contributed by atoms with Gasteiger partial charge in [0, 0.05) is 6.54 Å². The van der Waals surface area contributed by atoms with Crippen molar-refractivity contribution in [3.05, 3.63) is 0 Å². The minimum atomic E-state index is -1.15. The molecular weight excluding hydrogens is 203 g/mol. The molecule has 0 aliphatic carbocycles. The molecule has 0 aromatic heterocycles. The van der Waals surface area contributed by atoms with E-state index >= 15 is 0 Å². The topological polar surface area (TPSA) is 84.2 Å².